The second kappa shape index (κ2) is 7.67. The molecule has 0 spiro atoms. The van der Waals surface area contributed by atoms with Crippen molar-refractivity contribution in [2.45, 2.75) is 25.4 Å². The summed E-state index contributed by atoms with van der Waals surface area (Å²) in [6.45, 7) is 4.50. The highest BCUT2D eigenvalue weighted by Crippen LogP contribution is 2.29. The fourth-order valence-electron chi connectivity index (χ4n) is 4.51. The van der Waals surface area contributed by atoms with Crippen LogP contribution in [0.25, 0.3) is 5.65 Å². The number of aromatic nitrogens is 3. The Morgan fingerprint density at radius 3 is 2.79 bits per heavy atom. The summed E-state index contributed by atoms with van der Waals surface area (Å²) in [4.78, 5) is 13.7. The van der Waals surface area contributed by atoms with Gasteiger partial charge < -0.3 is 29.9 Å². The van der Waals surface area contributed by atoms with Gasteiger partial charge in [0.1, 0.15) is 0 Å². The fourth-order valence-corrected chi connectivity index (χ4v) is 4.51. The smallest absolute Gasteiger partial charge is 0.180 e. The molecule has 3 aliphatic rings. The molecule has 1 saturated heterocycles. The highest BCUT2D eigenvalue weighted by molar-refractivity contribution is 5.73. The predicted octanol–water partition coefficient (Wildman–Crippen LogP) is 3.53. The summed E-state index contributed by atoms with van der Waals surface area (Å²) in [5, 5.41) is 17.0. The van der Waals surface area contributed by atoms with Gasteiger partial charge in [-0.25, -0.2) is 9.97 Å². The van der Waals surface area contributed by atoms with Gasteiger partial charge >= 0.3 is 0 Å². The fraction of sp³-hybridized carbons (Fsp3) is 0.280. The molecule has 1 fully saturated rings. The van der Waals surface area contributed by atoms with Gasteiger partial charge in [0.05, 0.1) is 17.5 Å². The third kappa shape index (κ3) is 3.82. The van der Waals surface area contributed by atoms with E-state index in [1.807, 2.05) is 34.8 Å². The molecule has 33 heavy (non-hydrogen) atoms. The Labute approximate surface area is 192 Å². The number of benzene rings is 1. The molecule has 0 unspecified atom stereocenters. The topological polar surface area (TPSA) is 81.0 Å². The second-order valence-corrected chi connectivity index (χ2v) is 9.07. The molecule has 1 aromatic carbocycles. The molecule has 3 aliphatic heterocycles. The van der Waals surface area contributed by atoms with Crippen molar-refractivity contribution in [3.05, 3.63) is 78.7 Å². The first kappa shape index (κ1) is 19.9. The van der Waals surface area contributed by atoms with Crippen LogP contribution >= 0.6 is 0 Å². The summed E-state index contributed by atoms with van der Waals surface area (Å²) in [5.41, 5.74) is 4.67. The van der Waals surface area contributed by atoms with Gasteiger partial charge in [-0.3, -0.25) is 0 Å². The monoisotopic (exact) mass is 441 g/mol. The zero-order chi connectivity index (χ0) is 22.4. The van der Waals surface area contributed by atoms with Gasteiger partial charge in [-0.15, -0.1) is 0 Å². The summed E-state index contributed by atoms with van der Waals surface area (Å²) in [6.07, 6.45) is 15.6. The Morgan fingerprint density at radius 2 is 1.97 bits per heavy atom. The summed E-state index contributed by atoms with van der Waals surface area (Å²) < 4.78 is 1.98. The molecule has 8 heteroatoms. The zero-order valence-corrected chi connectivity index (χ0v) is 18.6. The van der Waals surface area contributed by atoms with Crippen LogP contribution < -0.4 is 20.4 Å². The molecule has 0 aliphatic carbocycles. The van der Waals surface area contributed by atoms with Crippen molar-refractivity contribution in [2.75, 3.05) is 34.8 Å². The molecule has 0 radical (unpaired) electrons. The number of nitrogens with one attached hydrogen (secondary N) is 2. The number of hydrogen-bond donors (Lipinski definition) is 3. The van der Waals surface area contributed by atoms with Crippen molar-refractivity contribution in [3.63, 3.8) is 0 Å². The van der Waals surface area contributed by atoms with E-state index in [2.05, 4.69) is 63.1 Å². The molecule has 0 bridgehead atoms. The van der Waals surface area contributed by atoms with Crippen LogP contribution in [0.15, 0.2) is 78.7 Å². The number of fused-ring (bicyclic) bond motifs is 2. The van der Waals surface area contributed by atoms with Crippen molar-refractivity contribution in [2.24, 2.45) is 0 Å². The number of anilines is 4. The Balaban J connectivity index is 1.25. The largest absolute Gasteiger partial charge is 0.390 e. The molecule has 3 aromatic rings. The van der Waals surface area contributed by atoms with Crippen molar-refractivity contribution in [1.82, 2.24) is 19.7 Å². The van der Waals surface area contributed by atoms with Gasteiger partial charge in [0.2, 0.25) is 0 Å². The van der Waals surface area contributed by atoms with Crippen LogP contribution in [-0.4, -0.2) is 44.7 Å². The zero-order valence-electron chi connectivity index (χ0n) is 18.6. The Hall–Kier alpha value is -3.78. The number of imidazole rings is 1. The molecule has 168 valence electrons. The first-order valence-corrected chi connectivity index (χ1v) is 11.4. The minimum atomic E-state index is -0.546. The van der Waals surface area contributed by atoms with Crippen LogP contribution in [0.4, 0.5) is 23.0 Å². The van der Waals surface area contributed by atoms with E-state index < -0.39 is 5.60 Å². The van der Waals surface area contributed by atoms with Crippen LogP contribution in [0.1, 0.15) is 19.8 Å². The minimum absolute atomic E-state index is 0.546. The predicted molar refractivity (Wildman–Crippen MR) is 131 cm³/mol. The average molecular weight is 442 g/mol. The lowest BCUT2D eigenvalue weighted by molar-refractivity contribution is 0.0351. The third-order valence-electron chi connectivity index (χ3n) is 6.57. The van der Waals surface area contributed by atoms with Crippen molar-refractivity contribution in [3.8, 4) is 0 Å². The number of hydrogen-bond acceptors (Lipinski definition) is 7. The molecule has 0 amide bonds. The average Bonchev–Trinajstić information content (AvgIpc) is 3.48. The summed E-state index contributed by atoms with van der Waals surface area (Å²) in [7, 11) is 0. The van der Waals surface area contributed by atoms with Crippen LogP contribution in [0.3, 0.4) is 0 Å². The van der Waals surface area contributed by atoms with Gasteiger partial charge in [0.25, 0.3) is 0 Å². The molecule has 0 atom stereocenters. The van der Waals surface area contributed by atoms with E-state index in [0.29, 0.717) is 5.82 Å². The Bertz CT molecular complexity index is 1280. The first-order chi connectivity index (χ1) is 16.0. The van der Waals surface area contributed by atoms with Gasteiger partial charge in [-0.2, -0.15) is 0 Å². The van der Waals surface area contributed by atoms with Crippen LogP contribution in [0.2, 0.25) is 0 Å². The molecular formula is C25H27N7O. The van der Waals surface area contributed by atoms with E-state index in [-0.39, 0.29) is 0 Å². The van der Waals surface area contributed by atoms with E-state index in [4.69, 9.17) is 4.98 Å². The highest BCUT2D eigenvalue weighted by Gasteiger charge is 2.27. The quantitative estimate of drug-likeness (QED) is 0.572. The summed E-state index contributed by atoms with van der Waals surface area (Å²) in [6, 6.07) is 8.37. The normalized spacial score (nSPS) is 19.2. The van der Waals surface area contributed by atoms with Gasteiger partial charge in [-0.05, 0) is 55.7 Å². The second-order valence-electron chi connectivity index (χ2n) is 9.07. The van der Waals surface area contributed by atoms with Gasteiger partial charge in [0, 0.05) is 55.8 Å². The van der Waals surface area contributed by atoms with Crippen molar-refractivity contribution >= 4 is 28.7 Å². The lowest BCUT2D eigenvalue weighted by Crippen LogP contribution is -2.42. The first-order valence-electron chi connectivity index (χ1n) is 11.4. The van der Waals surface area contributed by atoms with E-state index in [9.17, 15) is 5.11 Å². The maximum atomic E-state index is 10.2. The van der Waals surface area contributed by atoms with E-state index in [1.54, 1.807) is 6.20 Å². The van der Waals surface area contributed by atoms with Crippen LogP contribution in [-0.2, 0) is 0 Å². The number of aliphatic hydroxyl groups is 1. The molecule has 0 saturated carbocycles. The number of nitrogens with zero attached hydrogens (tertiary/aromatic N) is 5. The van der Waals surface area contributed by atoms with Crippen LogP contribution in [0.5, 0.6) is 0 Å². The molecule has 5 heterocycles. The highest BCUT2D eigenvalue weighted by atomic mass is 16.3. The molecule has 2 aromatic heterocycles. The Morgan fingerprint density at radius 1 is 1.15 bits per heavy atom. The number of allylic oxidation sites excluding steroid dienone is 1. The van der Waals surface area contributed by atoms with E-state index in [1.165, 1.54) is 11.3 Å². The maximum Gasteiger partial charge on any atom is 0.180 e. The summed E-state index contributed by atoms with van der Waals surface area (Å²) in [5.74, 6) is 1.50. The molecule has 6 rings (SSSR count). The van der Waals surface area contributed by atoms with Crippen molar-refractivity contribution in [1.29, 1.82) is 0 Å². The number of piperidine rings is 1. The maximum absolute atomic E-state index is 10.2. The van der Waals surface area contributed by atoms with Gasteiger partial charge in [0.15, 0.2) is 17.3 Å². The van der Waals surface area contributed by atoms with E-state index in [0.717, 1.165) is 55.3 Å². The standard InChI is InChI=1S/C25H27N7O/c1-25(33)8-13-30(14-9-25)20-4-2-19(3-5-20)28-23-24-27-11-15-32(24)17-22(29-23)31-12-7-18-6-10-26-21(18)16-31/h2-7,11-12,15-17,26,33H,8-10,13-14H2,1H3,(H,28,29). The SMILES string of the molecule is CC1(O)CCN(c2ccc(Nc3nc(N4C=CC5=CCNC5=C4)cn4ccnc34)cc2)CC1. The molecular weight excluding hydrogens is 414 g/mol. The van der Waals surface area contributed by atoms with E-state index >= 15 is 0 Å². The van der Waals surface area contributed by atoms with Crippen LogP contribution in [0, 0.1) is 0 Å². The van der Waals surface area contributed by atoms with Crippen molar-refractivity contribution < 1.29 is 5.11 Å². The summed E-state index contributed by atoms with van der Waals surface area (Å²) >= 11 is 0. The van der Waals surface area contributed by atoms with Gasteiger partial charge in [-0.1, -0.05) is 6.08 Å². The molecule has 3 N–H and O–H groups in total. The number of rotatable bonds is 4. The lowest BCUT2D eigenvalue weighted by Gasteiger charge is -2.37. The lowest BCUT2D eigenvalue weighted by atomic mass is 9.93. The molecule has 8 nitrogen and oxygen atoms in total. The minimum Gasteiger partial charge on any atom is -0.390 e. The third-order valence-corrected chi connectivity index (χ3v) is 6.57. The Kier molecular flexibility index (Phi) is 4.62.